The smallest absolute Gasteiger partial charge is 0.257 e. The van der Waals surface area contributed by atoms with Crippen LogP contribution in [0.3, 0.4) is 0 Å². The van der Waals surface area contributed by atoms with Crippen LogP contribution in [0.1, 0.15) is 41.9 Å². The number of carbonyl (C=O) groups excluding carboxylic acids is 2. The minimum Gasteiger partial charge on any atom is -0.353 e. The molecule has 0 radical (unpaired) electrons. The van der Waals surface area contributed by atoms with Crippen molar-refractivity contribution >= 4 is 11.8 Å². The van der Waals surface area contributed by atoms with Crippen LogP contribution in [0.15, 0.2) is 54.7 Å². The van der Waals surface area contributed by atoms with Crippen molar-refractivity contribution in [2.45, 2.75) is 39.7 Å². The standard InChI is InChI=1S/C26H29FN4O2/c1-17(2)29-25(33)26(12-13-31(16-26)24(32)22-15-28-30-18(22)3)14-19-8-4-5-9-20(19)21-10-6-7-11-23(21)27/h4-11,15,17H,12-14,16H2,1-3H3,(H,28,30)(H,29,33). The molecular weight excluding hydrogens is 419 g/mol. The zero-order chi connectivity index (χ0) is 23.6. The molecule has 2 N–H and O–H groups in total. The normalized spacial score (nSPS) is 18.0. The quantitative estimate of drug-likeness (QED) is 0.595. The number of H-pyrrole nitrogens is 1. The number of rotatable bonds is 6. The van der Waals surface area contributed by atoms with Crippen molar-refractivity contribution in [3.63, 3.8) is 0 Å². The summed E-state index contributed by atoms with van der Waals surface area (Å²) < 4.78 is 14.6. The number of nitrogens with zero attached hydrogens (tertiary/aromatic N) is 2. The molecule has 0 saturated carbocycles. The Morgan fingerprint density at radius 2 is 1.85 bits per heavy atom. The van der Waals surface area contributed by atoms with Gasteiger partial charge in [0, 0.05) is 30.4 Å². The minimum atomic E-state index is -0.807. The molecule has 1 aromatic heterocycles. The number of halogens is 1. The summed E-state index contributed by atoms with van der Waals surface area (Å²) >= 11 is 0. The van der Waals surface area contributed by atoms with Crippen LogP contribution in [-0.2, 0) is 11.2 Å². The molecule has 172 valence electrons. The average molecular weight is 449 g/mol. The van der Waals surface area contributed by atoms with Gasteiger partial charge in [0.05, 0.1) is 17.2 Å². The third-order valence-corrected chi connectivity index (χ3v) is 6.31. The van der Waals surface area contributed by atoms with E-state index >= 15 is 0 Å². The minimum absolute atomic E-state index is 0.0305. The SMILES string of the molecule is Cc1[nH]ncc1C(=O)N1CCC(Cc2ccccc2-c2ccccc2F)(C(=O)NC(C)C)C1. The molecule has 1 saturated heterocycles. The summed E-state index contributed by atoms with van der Waals surface area (Å²) in [6.45, 7) is 6.41. The Hall–Kier alpha value is -3.48. The Morgan fingerprint density at radius 3 is 2.52 bits per heavy atom. The number of carbonyl (C=O) groups is 2. The van der Waals surface area contributed by atoms with Gasteiger partial charge in [-0.1, -0.05) is 42.5 Å². The van der Waals surface area contributed by atoms with Crippen LogP contribution in [-0.4, -0.2) is 46.0 Å². The maximum Gasteiger partial charge on any atom is 0.257 e. The van der Waals surface area contributed by atoms with Crippen LogP contribution in [0.2, 0.25) is 0 Å². The molecule has 1 atom stereocenters. The number of aromatic nitrogens is 2. The Labute approximate surface area is 193 Å². The van der Waals surface area contributed by atoms with Gasteiger partial charge in [-0.15, -0.1) is 0 Å². The van der Waals surface area contributed by atoms with Crippen LogP contribution in [0.5, 0.6) is 0 Å². The molecule has 7 heteroatoms. The number of amides is 2. The van der Waals surface area contributed by atoms with Crippen molar-refractivity contribution in [3.05, 3.63) is 77.4 Å². The van der Waals surface area contributed by atoms with Gasteiger partial charge in [0.15, 0.2) is 0 Å². The van der Waals surface area contributed by atoms with E-state index in [2.05, 4.69) is 15.5 Å². The molecule has 3 aromatic rings. The molecule has 1 fully saturated rings. The van der Waals surface area contributed by atoms with Gasteiger partial charge in [0.2, 0.25) is 5.91 Å². The Kier molecular flexibility index (Phi) is 6.31. The number of hydrogen-bond acceptors (Lipinski definition) is 3. The van der Waals surface area contributed by atoms with Crippen molar-refractivity contribution in [2.75, 3.05) is 13.1 Å². The molecule has 1 aliphatic rings. The van der Waals surface area contributed by atoms with Crippen molar-refractivity contribution in [1.82, 2.24) is 20.4 Å². The first-order valence-electron chi connectivity index (χ1n) is 11.2. The molecule has 2 amide bonds. The highest BCUT2D eigenvalue weighted by Gasteiger charge is 2.46. The monoisotopic (exact) mass is 448 g/mol. The van der Waals surface area contributed by atoms with Crippen LogP contribution in [0.4, 0.5) is 4.39 Å². The number of likely N-dealkylation sites (tertiary alicyclic amines) is 1. The van der Waals surface area contributed by atoms with E-state index in [1.54, 1.807) is 30.0 Å². The second-order valence-electron chi connectivity index (χ2n) is 9.11. The maximum absolute atomic E-state index is 14.6. The van der Waals surface area contributed by atoms with Crippen molar-refractivity contribution in [1.29, 1.82) is 0 Å². The fraction of sp³-hybridized carbons (Fsp3) is 0.346. The Morgan fingerprint density at radius 1 is 1.15 bits per heavy atom. The zero-order valence-corrected chi connectivity index (χ0v) is 19.2. The molecule has 6 nitrogen and oxygen atoms in total. The van der Waals surface area contributed by atoms with E-state index in [4.69, 9.17) is 0 Å². The van der Waals surface area contributed by atoms with Crippen LogP contribution in [0, 0.1) is 18.2 Å². The summed E-state index contributed by atoms with van der Waals surface area (Å²) in [5.74, 6) is -0.521. The largest absolute Gasteiger partial charge is 0.353 e. The first-order chi connectivity index (χ1) is 15.8. The third kappa shape index (κ3) is 4.53. The molecule has 4 rings (SSSR count). The van der Waals surface area contributed by atoms with Gasteiger partial charge in [-0.25, -0.2) is 4.39 Å². The fourth-order valence-corrected chi connectivity index (χ4v) is 4.59. The highest BCUT2D eigenvalue weighted by molar-refractivity contribution is 5.96. The third-order valence-electron chi connectivity index (χ3n) is 6.31. The molecule has 0 spiro atoms. The summed E-state index contributed by atoms with van der Waals surface area (Å²) in [5.41, 5.74) is 2.57. The number of nitrogens with one attached hydrogen (secondary N) is 2. The van der Waals surface area contributed by atoms with Gasteiger partial charge in [-0.2, -0.15) is 5.10 Å². The predicted octanol–water partition coefficient (Wildman–Crippen LogP) is 4.12. The van der Waals surface area contributed by atoms with Gasteiger partial charge in [-0.05, 0) is 50.8 Å². The lowest BCUT2D eigenvalue weighted by molar-refractivity contribution is -0.130. The van der Waals surface area contributed by atoms with E-state index in [1.165, 1.54) is 12.3 Å². The second kappa shape index (κ2) is 9.17. The topological polar surface area (TPSA) is 78.1 Å². The summed E-state index contributed by atoms with van der Waals surface area (Å²) in [6, 6.07) is 14.2. The van der Waals surface area contributed by atoms with E-state index in [9.17, 15) is 14.0 Å². The molecule has 0 aliphatic carbocycles. The van der Waals surface area contributed by atoms with Crippen molar-refractivity contribution in [3.8, 4) is 11.1 Å². The van der Waals surface area contributed by atoms with Gasteiger partial charge >= 0.3 is 0 Å². The highest BCUT2D eigenvalue weighted by atomic mass is 19.1. The number of aryl methyl sites for hydroxylation is 1. The molecule has 0 bridgehead atoms. The van der Waals surface area contributed by atoms with Gasteiger partial charge in [0.1, 0.15) is 5.82 Å². The number of aromatic amines is 1. The fourth-order valence-electron chi connectivity index (χ4n) is 4.59. The van der Waals surface area contributed by atoms with E-state index in [-0.39, 0.29) is 23.7 Å². The summed E-state index contributed by atoms with van der Waals surface area (Å²) in [7, 11) is 0. The first kappa shape index (κ1) is 22.7. The van der Waals surface area contributed by atoms with E-state index in [0.29, 0.717) is 42.8 Å². The Bertz CT molecular complexity index is 1170. The molecule has 1 aliphatic heterocycles. The predicted molar refractivity (Wildman–Crippen MR) is 125 cm³/mol. The van der Waals surface area contributed by atoms with Crippen molar-refractivity contribution in [2.24, 2.45) is 5.41 Å². The second-order valence-corrected chi connectivity index (χ2v) is 9.11. The first-order valence-corrected chi connectivity index (χ1v) is 11.2. The van der Waals surface area contributed by atoms with Crippen LogP contribution in [0.25, 0.3) is 11.1 Å². The molecule has 33 heavy (non-hydrogen) atoms. The lowest BCUT2D eigenvalue weighted by Crippen LogP contribution is -2.47. The van der Waals surface area contributed by atoms with Gasteiger partial charge in [0.25, 0.3) is 5.91 Å². The summed E-state index contributed by atoms with van der Waals surface area (Å²) in [5, 5.41) is 9.81. The molecule has 2 heterocycles. The molecule has 2 aromatic carbocycles. The zero-order valence-electron chi connectivity index (χ0n) is 19.2. The summed E-state index contributed by atoms with van der Waals surface area (Å²) in [6.07, 6.45) is 2.46. The van der Waals surface area contributed by atoms with Gasteiger partial charge in [-0.3, -0.25) is 14.7 Å². The molecule has 1 unspecified atom stereocenters. The van der Waals surface area contributed by atoms with E-state index in [1.807, 2.05) is 38.1 Å². The average Bonchev–Trinajstić information content (AvgIpc) is 3.41. The number of benzene rings is 2. The van der Waals surface area contributed by atoms with Crippen LogP contribution < -0.4 is 5.32 Å². The highest BCUT2D eigenvalue weighted by Crippen LogP contribution is 2.38. The summed E-state index contributed by atoms with van der Waals surface area (Å²) in [4.78, 5) is 28.3. The Balaban J connectivity index is 1.69. The van der Waals surface area contributed by atoms with Crippen molar-refractivity contribution < 1.29 is 14.0 Å². The van der Waals surface area contributed by atoms with E-state index in [0.717, 1.165) is 11.1 Å². The van der Waals surface area contributed by atoms with E-state index < -0.39 is 5.41 Å². The molecular formula is C26H29FN4O2. The van der Waals surface area contributed by atoms with Gasteiger partial charge < -0.3 is 10.2 Å². The lowest BCUT2D eigenvalue weighted by atomic mass is 9.78. The van der Waals surface area contributed by atoms with Crippen LogP contribution >= 0.6 is 0 Å². The number of hydrogen-bond donors (Lipinski definition) is 2. The lowest BCUT2D eigenvalue weighted by Gasteiger charge is -2.30. The maximum atomic E-state index is 14.6.